The monoisotopic (exact) mass is 429 g/mol. The number of aryl methyl sites for hydroxylation is 1. The van der Waals surface area contributed by atoms with Crippen LogP contribution in [0.5, 0.6) is 0 Å². The SMILES string of the molecule is C=CCC1CCCN(C(=O)c2cc(-c3cccc(C(F)(F)F)c3)nc3onc(C)c23)C1. The third-order valence-corrected chi connectivity index (χ3v) is 5.64. The number of halogens is 3. The summed E-state index contributed by atoms with van der Waals surface area (Å²) in [6, 6.07) is 6.41. The Balaban J connectivity index is 1.78. The third-order valence-electron chi connectivity index (χ3n) is 5.64. The molecule has 0 radical (unpaired) electrons. The minimum Gasteiger partial charge on any atom is -0.338 e. The van der Waals surface area contributed by atoms with Crippen molar-refractivity contribution in [2.75, 3.05) is 13.1 Å². The molecule has 4 rings (SSSR count). The molecule has 0 saturated carbocycles. The molecular formula is C23H22F3N3O2. The molecule has 31 heavy (non-hydrogen) atoms. The van der Waals surface area contributed by atoms with E-state index in [1.807, 2.05) is 6.08 Å². The normalized spacial score (nSPS) is 17.2. The molecule has 1 atom stereocenters. The maximum Gasteiger partial charge on any atom is 0.416 e. The highest BCUT2D eigenvalue weighted by Gasteiger charge is 2.31. The van der Waals surface area contributed by atoms with Gasteiger partial charge in [-0.1, -0.05) is 23.4 Å². The van der Waals surface area contributed by atoms with Crippen LogP contribution >= 0.6 is 0 Å². The smallest absolute Gasteiger partial charge is 0.338 e. The first-order chi connectivity index (χ1) is 14.8. The van der Waals surface area contributed by atoms with Crippen molar-refractivity contribution in [3.05, 3.63) is 59.8 Å². The fourth-order valence-corrected chi connectivity index (χ4v) is 4.11. The summed E-state index contributed by atoms with van der Waals surface area (Å²) < 4.78 is 44.8. The Morgan fingerprint density at radius 1 is 1.35 bits per heavy atom. The van der Waals surface area contributed by atoms with E-state index >= 15 is 0 Å². The molecule has 3 heterocycles. The van der Waals surface area contributed by atoms with Gasteiger partial charge in [-0.05, 0) is 50.3 Å². The molecule has 1 unspecified atom stereocenters. The van der Waals surface area contributed by atoms with Gasteiger partial charge in [0.1, 0.15) is 0 Å². The van der Waals surface area contributed by atoms with Gasteiger partial charge in [0.2, 0.25) is 0 Å². The number of likely N-dealkylation sites (tertiary alicyclic amines) is 1. The van der Waals surface area contributed by atoms with Crippen LogP contribution in [-0.4, -0.2) is 34.0 Å². The Hall–Kier alpha value is -3.16. The number of pyridine rings is 1. The molecule has 1 saturated heterocycles. The maximum atomic E-state index is 13.4. The van der Waals surface area contributed by atoms with Gasteiger partial charge in [-0.3, -0.25) is 4.79 Å². The first-order valence-electron chi connectivity index (χ1n) is 10.1. The van der Waals surface area contributed by atoms with Crippen molar-refractivity contribution >= 4 is 17.0 Å². The number of hydrogen-bond donors (Lipinski definition) is 0. The average Bonchev–Trinajstić information content (AvgIpc) is 3.13. The first-order valence-corrected chi connectivity index (χ1v) is 10.1. The second-order valence-electron chi connectivity index (χ2n) is 7.87. The second-order valence-corrected chi connectivity index (χ2v) is 7.87. The second kappa shape index (κ2) is 8.17. The largest absolute Gasteiger partial charge is 0.416 e. The Morgan fingerprint density at radius 3 is 2.90 bits per heavy atom. The summed E-state index contributed by atoms with van der Waals surface area (Å²) >= 11 is 0. The van der Waals surface area contributed by atoms with Gasteiger partial charge >= 0.3 is 6.18 Å². The summed E-state index contributed by atoms with van der Waals surface area (Å²) in [5, 5.41) is 4.41. The Bertz CT molecular complexity index is 1140. The predicted octanol–water partition coefficient (Wildman–Crippen LogP) is 5.65. The summed E-state index contributed by atoms with van der Waals surface area (Å²) in [5.74, 6) is 0.153. The zero-order valence-electron chi connectivity index (χ0n) is 17.1. The van der Waals surface area contributed by atoms with Crippen molar-refractivity contribution in [1.29, 1.82) is 0 Å². The van der Waals surface area contributed by atoms with E-state index in [2.05, 4.69) is 16.7 Å². The van der Waals surface area contributed by atoms with Crippen molar-refractivity contribution in [3.63, 3.8) is 0 Å². The first kappa shape index (κ1) is 21.1. The quantitative estimate of drug-likeness (QED) is 0.503. The molecule has 3 aromatic rings. The van der Waals surface area contributed by atoms with E-state index in [4.69, 9.17) is 4.52 Å². The van der Waals surface area contributed by atoms with E-state index in [0.29, 0.717) is 35.7 Å². The van der Waals surface area contributed by atoms with E-state index in [0.717, 1.165) is 31.4 Å². The standard InChI is InChI=1S/C23H22F3N3O2/c1-3-6-15-7-5-10-29(13-15)22(30)18-12-19(27-21-20(18)14(2)28-31-21)16-8-4-9-17(11-16)23(24,25)26/h3-4,8-9,11-12,15H,1,5-7,10,13H2,2H3. The number of aromatic nitrogens is 2. The Labute approximate surface area is 177 Å². The van der Waals surface area contributed by atoms with Crippen molar-refractivity contribution in [3.8, 4) is 11.3 Å². The van der Waals surface area contributed by atoms with Gasteiger partial charge in [-0.2, -0.15) is 13.2 Å². The molecule has 1 aromatic carbocycles. The summed E-state index contributed by atoms with van der Waals surface area (Å²) in [6.07, 6.45) is 0.136. The molecule has 8 heteroatoms. The molecule has 162 valence electrons. The number of allylic oxidation sites excluding steroid dienone is 1. The van der Waals surface area contributed by atoms with Gasteiger partial charge < -0.3 is 9.42 Å². The zero-order chi connectivity index (χ0) is 22.2. The molecule has 0 spiro atoms. The van der Waals surface area contributed by atoms with Gasteiger partial charge in [0.05, 0.1) is 27.9 Å². The number of rotatable bonds is 4. The number of carbonyl (C=O) groups is 1. The molecular weight excluding hydrogens is 407 g/mol. The van der Waals surface area contributed by atoms with Crippen molar-refractivity contribution in [1.82, 2.24) is 15.0 Å². The number of amides is 1. The van der Waals surface area contributed by atoms with Crippen LogP contribution in [0.1, 0.15) is 40.9 Å². The third kappa shape index (κ3) is 4.19. The number of nitrogens with zero attached hydrogens (tertiary/aromatic N) is 3. The van der Waals surface area contributed by atoms with Crippen LogP contribution in [0.25, 0.3) is 22.4 Å². The van der Waals surface area contributed by atoms with Gasteiger partial charge in [0, 0.05) is 18.7 Å². The minimum atomic E-state index is -4.48. The highest BCUT2D eigenvalue weighted by molar-refractivity contribution is 6.07. The molecule has 1 fully saturated rings. The highest BCUT2D eigenvalue weighted by atomic mass is 19.4. The lowest BCUT2D eigenvalue weighted by Gasteiger charge is -2.32. The van der Waals surface area contributed by atoms with Gasteiger partial charge in [0.25, 0.3) is 11.6 Å². The van der Waals surface area contributed by atoms with Crippen LogP contribution < -0.4 is 0 Å². The van der Waals surface area contributed by atoms with Crippen LogP contribution in [0, 0.1) is 12.8 Å². The van der Waals surface area contributed by atoms with Crippen LogP contribution in [-0.2, 0) is 6.18 Å². The fraction of sp³-hybridized carbons (Fsp3) is 0.348. The predicted molar refractivity (Wildman–Crippen MR) is 110 cm³/mol. The Morgan fingerprint density at radius 2 is 2.16 bits per heavy atom. The highest BCUT2D eigenvalue weighted by Crippen LogP contribution is 2.34. The molecule has 0 N–H and O–H groups in total. The minimum absolute atomic E-state index is 0.135. The lowest BCUT2D eigenvalue weighted by Crippen LogP contribution is -2.40. The summed E-state index contributed by atoms with van der Waals surface area (Å²) in [7, 11) is 0. The van der Waals surface area contributed by atoms with Crippen LogP contribution in [0.15, 0.2) is 47.5 Å². The van der Waals surface area contributed by atoms with Crippen molar-refractivity contribution in [2.45, 2.75) is 32.4 Å². The molecule has 0 bridgehead atoms. The molecule has 5 nitrogen and oxygen atoms in total. The molecule has 0 aliphatic carbocycles. The zero-order valence-corrected chi connectivity index (χ0v) is 17.1. The van der Waals surface area contributed by atoms with Gasteiger partial charge in [-0.25, -0.2) is 4.98 Å². The van der Waals surface area contributed by atoms with Gasteiger partial charge in [-0.15, -0.1) is 6.58 Å². The summed E-state index contributed by atoms with van der Waals surface area (Å²) in [5.41, 5.74) is 0.699. The maximum absolute atomic E-state index is 13.4. The van der Waals surface area contributed by atoms with E-state index in [-0.39, 0.29) is 22.9 Å². The molecule has 1 aliphatic heterocycles. The number of hydrogen-bond acceptors (Lipinski definition) is 4. The summed E-state index contributed by atoms with van der Waals surface area (Å²) in [4.78, 5) is 19.6. The lowest BCUT2D eigenvalue weighted by atomic mass is 9.94. The average molecular weight is 429 g/mol. The molecule has 2 aromatic heterocycles. The Kier molecular flexibility index (Phi) is 5.56. The number of carbonyl (C=O) groups excluding carboxylic acids is 1. The molecule has 1 aliphatic rings. The van der Waals surface area contributed by atoms with Crippen molar-refractivity contribution in [2.24, 2.45) is 5.92 Å². The van der Waals surface area contributed by atoms with E-state index < -0.39 is 11.7 Å². The number of piperidine rings is 1. The van der Waals surface area contributed by atoms with E-state index in [9.17, 15) is 18.0 Å². The number of fused-ring (bicyclic) bond motifs is 1. The molecule has 1 amide bonds. The van der Waals surface area contributed by atoms with E-state index in [1.54, 1.807) is 17.9 Å². The number of alkyl halides is 3. The van der Waals surface area contributed by atoms with Crippen LogP contribution in [0.4, 0.5) is 13.2 Å². The van der Waals surface area contributed by atoms with Crippen molar-refractivity contribution < 1.29 is 22.5 Å². The van der Waals surface area contributed by atoms with Gasteiger partial charge in [0.15, 0.2) is 0 Å². The van der Waals surface area contributed by atoms with Crippen LogP contribution in [0.2, 0.25) is 0 Å². The fourth-order valence-electron chi connectivity index (χ4n) is 4.11. The van der Waals surface area contributed by atoms with E-state index in [1.165, 1.54) is 12.1 Å². The number of benzene rings is 1. The van der Waals surface area contributed by atoms with Crippen LogP contribution in [0.3, 0.4) is 0 Å². The topological polar surface area (TPSA) is 59.2 Å². The summed E-state index contributed by atoms with van der Waals surface area (Å²) in [6.45, 7) is 6.73. The lowest BCUT2D eigenvalue weighted by molar-refractivity contribution is -0.137.